The lowest BCUT2D eigenvalue weighted by molar-refractivity contribution is 0.0665. The van der Waals surface area contributed by atoms with Crippen LogP contribution in [0.3, 0.4) is 0 Å². The minimum Gasteiger partial charge on any atom is -0.475 e. The number of carboxylic acids is 1. The zero-order chi connectivity index (χ0) is 14.7. The van der Waals surface area contributed by atoms with Gasteiger partial charge in [-0.05, 0) is 35.2 Å². The van der Waals surface area contributed by atoms with E-state index in [1.54, 1.807) is 17.4 Å². The van der Waals surface area contributed by atoms with Gasteiger partial charge in [0.25, 0.3) is 0 Å². The molecule has 2 aromatic heterocycles. The zero-order valence-electron chi connectivity index (χ0n) is 11.2. The molecule has 1 N–H and O–H groups in total. The predicted octanol–water partition coefficient (Wildman–Crippen LogP) is 3.95. The summed E-state index contributed by atoms with van der Waals surface area (Å²) in [6.07, 6.45) is 0.911. The van der Waals surface area contributed by atoms with E-state index in [1.165, 1.54) is 10.9 Å². The molecular weight excluding hydrogens is 288 g/mol. The van der Waals surface area contributed by atoms with E-state index >= 15 is 0 Å². The van der Waals surface area contributed by atoms with E-state index in [4.69, 9.17) is 14.3 Å². The van der Waals surface area contributed by atoms with Gasteiger partial charge in [0.1, 0.15) is 5.58 Å². The van der Waals surface area contributed by atoms with Crippen LogP contribution in [-0.2, 0) is 17.8 Å². The Bertz CT molecular complexity index is 743. The average molecular weight is 302 g/mol. The summed E-state index contributed by atoms with van der Waals surface area (Å²) in [7, 11) is 0. The molecule has 0 amide bonds. The molecule has 0 spiro atoms. The van der Waals surface area contributed by atoms with Crippen LogP contribution in [0.5, 0.6) is 0 Å². The Balaban J connectivity index is 1.60. The molecule has 0 unspecified atom stereocenters. The Morgan fingerprint density at radius 2 is 2.19 bits per heavy atom. The molecule has 3 aromatic rings. The number of thiophene rings is 1. The number of benzene rings is 1. The monoisotopic (exact) mass is 302 g/mol. The van der Waals surface area contributed by atoms with Crippen molar-refractivity contribution < 1.29 is 19.1 Å². The van der Waals surface area contributed by atoms with Crippen molar-refractivity contribution >= 4 is 28.3 Å². The second kappa shape index (κ2) is 6.11. The van der Waals surface area contributed by atoms with Crippen molar-refractivity contribution in [1.29, 1.82) is 0 Å². The van der Waals surface area contributed by atoms with Gasteiger partial charge in [0.15, 0.2) is 0 Å². The third-order valence-corrected chi connectivity index (χ3v) is 4.07. The summed E-state index contributed by atoms with van der Waals surface area (Å²) >= 11 is 1.73. The zero-order valence-corrected chi connectivity index (χ0v) is 12.1. The van der Waals surface area contributed by atoms with Crippen molar-refractivity contribution in [2.45, 2.75) is 13.0 Å². The molecule has 0 radical (unpaired) electrons. The molecule has 0 saturated carbocycles. The minimum absolute atomic E-state index is 0.0410. The Morgan fingerprint density at radius 1 is 1.29 bits per heavy atom. The van der Waals surface area contributed by atoms with Gasteiger partial charge < -0.3 is 14.3 Å². The van der Waals surface area contributed by atoms with Crippen LogP contribution in [0.2, 0.25) is 0 Å². The normalized spacial score (nSPS) is 11.0. The number of hydrogen-bond donors (Lipinski definition) is 1. The largest absolute Gasteiger partial charge is 0.475 e. The van der Waals surface area contributed by atoms with Gasteiger partial charge in [-0.25, -0.2) is 4.79 Å². The molecule has 0 aliphatic rings. The molecule has 2 heterocycles. The smallest absolute Gasteiger partial charge is 0.371 e. The van der Waals surface area contributed by atoms with Gasteiger partial charge in [-0.1, -0.05) is 12.1 Å². The summed E-state index contributed by atoms with van der Waals surface area (Å²) in [4.78, 5) is 12.2. The van der Waals surface area contributed by atoms with E-state index < -0.39 is 5.97 Å². The van der Waals surface area contributed by atoms with Crippen molar-refractivity contribution in [1.82, 2.24) is 0 Å². The number of hydrogen-bond acceptors (Lipinski definition) is 4. The van der Waals surface area contributed by atoms with Gasteiger partial charge in [0, 0.05) is 16.7 Å². The van der Waals surface area contributed by atoms with E-state index in [2.05, 4.69) is 11.4 Å². The predicted molar refractivity (Wildman–Crippen MR) is 80.9 cm³/mol. The van der Waals surface area contributed by atoms with Crippen LogP contribution in [0.15, 0.2) is 46.2 Å². The van der Waals surface area contributed by atoms with E-state index in [-0.39, 0.29) is 5.76 Å². The standard InChI is InChI=1S/C16H14O4S/c17-16(18)15-9-12-8-11(3-4-14(12)20-15)10-19-6-5-13-2-1-7-21-13/h1-4,7-9H,5-6,10H2,(H,17,18). The van der Waals surface area contributed by atoms with E-state index in [0.717, 1.165) is 17.4 Å². The Hall–Kier alpha value is -2.11. The van der Waals surface area contributed by atoms with Crippen LogP contribution in [0, 0.1) is 0 Å². The number of rotatable bonds is 6. The lowest BCUT2D eigenvalue weighted by Gasteiger charge is -2.03. The molecule has 5 heteroatoms. The van der Waals surface area contributed by atoms with Gasteiger partial charge in [-0.15, -0.1) is 11.3 Å². The summed E-state index contributed by atoms with van der Waals surface area (Å²) in [6.45, 7) is 1.18. The first-order valence-corrected chi connectivity index (χ1v) is 7.46. The quantitative estimate of drug-likeness (QED) is 0.700. The highest BCUT2D eigenvalue weighted by Gasteiger charge is 2.10. The van der Waals surface area contributed by atoms with Crippen molar-refractivity contribution in [2.75, 3.05) is 6.61 Å². The molecule has 0 bridgehead atoms. The molecule has 108 valence electrons. The molecule has 1 aromatic carbocycles. The molecule has 0 saturated heterocycles. The average Bonchev–Trinajstić information content (AvgIpc) is 3.12. The lowest BCUT2D eigenvalue weighted by Crippen LogP contribution is -1.97. The molecular formula is C16H14O4S. The maximum Gasteiger partial charge on any atom is 0.371 e. The molecule has 0 atom stereocenters. The van der Waals surface area contributed by atoms with Gasteiger partial charge >= 0.3 is 5.97 Å². The number of carbonyl (C=O) groups is 1. The summed E-state index contributed by atoms with van der Waals surface area (Å²) in [6, 6.07) is 11.2. The third-order valence-electron chi connectivity index (χ3n) is 3.13. The summed E-state index contributed by atoms with van der Waals surface area (Å²) < 4.78 is 10.9. The van der Waals surface area contributed by atoms with Crippen LogP contribution in [0.4, 0.5) is 0 Å². The van der Waals surface area contributed by atoms with Crippen molar-refractivity contribution in [2.24, 2.45) is 0 Å². The SMILES string of the molecule is O=C(O)c1cc2cc(COCCc3cccs3)ccc2o1. The lowest BCUT2D eigenvalue weighted by atomic mass is 10.2. The van der Waals surface area contributed by atoms with Crippen LogP contribution < -0.4 is 0 Å². The first-order chi connectivity index (χ1) is 10.2. The highest BCUT2D eigenvalue weighted by molar-refractivity contribution is 7.09. The molecule has 0 aliphatic heterocycles. The van der Waals surface area contributed by atoms with Crippen LogP contribution in [0.1, 0.15) is 21.0 Å². The first-order valence-electron chi connectivity index (χ1n) is 6.58. The van der Waals surface area contributed by atoms with E-state index in [9.17, 15) is 4.79 Å². The van der Waals surface area contributed by atoms with Crippen LogP contribution in [0.25, 0.3) is 11.0 Å². The number of furan rings is 1. The number of carboxylic acid groups (broad SMARTS) is 1. The van der Waals surface area contributed by atoms with E-state index in [0.29, 0.717) is 18.8 Å². The highest BCUT2D eigenvalue weighted by Crippen LogP contribution is 2.21. The Morgan fingerprint density at radius 3 is 2.95 bits per heavy atom. The number of fused-ring (bicyclic) bond motifs is 1. The molecule has 4 nitrogen and oxygen atoms in total. The molecule has 0 aliphatic carbocycles. The topological polar surface area (TPSA) is 59.7 Å². The fourth-order valence-corrected chi connectivity index (χ4v) is 2.80. The van der Waals surface area contributed by atoms with Crippen LogP contribution >= 0.6 is 11.3 Å². The van der Waals surface area contributed by atoms with E-state index in [1.807, 2.05) is 18.2 Å². The third kappa shape index (κ3) is 3.32. The van der Waals surface area contributed by atoms with Gasteiger partial charge in [0.05, 0.1) is 13.2 Å². The minimum atomic E-state index is -1.06. The maximum absolute atomic E-state index is 10.9. The van der Waals surface area contributed by atoms with Crippen molar-refractivity contribution in [3.8, 4) is 0 Å². The van der Waals surface area contributed by atoms with Gasteiger partial charge in [-0.3, -0.25) is 0 Å². The van der Waals surface area contributed by atoms with Crippen molar-refractivity contribution in [3.63, 3.8) is 0 Å². The number of aromatic carboxylic acids is 1. The van der Waals surface area contributed by atoms with Gasteiger partial charge in [0.2, 0.25) is 5.76 Å². The molecule has 3 rings (SSSR count). The second-order valence-corrected chi connectivity index (χ2v) is 5.70. The summed E-state index contributed by atoms with van der Waals surface area (Å²) in [5, 5.41) is 11.7. The van der Waals surface area contributed by atoms with Crippen molar-refractivity contribution in [3.05, 3.63) is 58.0 Å². The maximum atomic E-state index is 10.9. The summed E-state index contributed by atoms with van der Waals surface area (Å²) in [5.74, 6) is -1.10. The van der Waals surface area contributed by atoms with Gasteiger partial charge in [-0.2, -0.15) is 0 Å². The fraction of sp³-hybridized carbons (Fsp3) is 0.188. The Labute approximate surface area is 125 Å². The Kier molecular flexibility index (Phi) is 4.03. The molecule has 0 fully saturated rings. The summed E-state index contributed by atoms with van der Waals surface area (Å²) in [5.41, 5.74) is 1.58. The second-order valence-electron chi connectivity index (χ2n) is 4.67. The highest BCUT2D eigenvalue weighted by atomic mass is 32.1. The molecule has 21 heavy (non-hydrogen) atoms. The first kappa shape index (κ1) is 13.9. The fourth-order valence-electron chi connectivity index (χ4n) is 2.11. The van der Waals surface area contributed by atoms with Crippen LogP contribution in [-0.4, -0.2) is 17.7 Å². The number of ether oxygens (including phenoxy) is 1.